The topological polar surface area (TPSA) is 65.8 Å². The van der Waals surface area contributed by atoms with Crippen molar-refractivity contribution in [3.05, 3.63) is 54.2 Å². The van der Waals surface area contributed by atoms with Crippen molar-refractivity contribution in [3.8, 4) is 0 Å². The molecule has 1 aliphatic heterocycles. The highest BCUT2D eigenvalue weighted by atomic mass is 19.1. The van der Waals surface area contributed by atoms with Crippen LogP contribution in [0.25, 0.3) is 0 Å². The number of carbonyl (C=O) groups excluding carboxylic acids is 2. The van der Waals surface area contributed by atoms with E-state index >= 15 is 0 Å². The number of hydrogen-bond donors (Lipinski definition) is 1. The first-order chi connectivity index (χ1) is 12.6. The Morgan fingerprint density at radius 2 is 1.77 bits per heavy atom. The second kappa shape index (κ2) is 8.51. The van der Waals surface area contributed by atoms with E-state index in [1.165, 1.54) is 12.1 Å². The molecular formula is C19H22FN3O3. The number of nitrogens with zero attached hydrogens (tertiary/aromatic N) is 2. The zero-order valence-electron chi connectivity index (χ0n) is 14.5. The average Bonchev–Trinajstić information content (AvgIpc) is 3.19. The van der Waals surface area contributed by atoms with Crippen molar-refractivity contribution in [2.75, 3.05) is 31.1 Å². The van der Waals surface area contributed by atoms with Crippen LogP contribution < -0.4 is 10.2 Å². The predicted molar refractivity (Wildman–Crippen MR) is 95.0 cm³/mol. The standard InChI is InChI=1S/C19H22FN3O3/c20-15-3-5-16(6-4-15)22-9-11-23(12-10-22)19(25)8-7-18(24)21-14-17-2-1-13-26-17/h1-6,13H,7-12,14H2,(H,21,24). The molecule has 2 aromatic rings. The van der Waals surface area contributed by atoms with Crippen LogP contribution in [0.1, 0.15) is 18.6 Å². The van der Waals surface area contributed by atoms with Gasteiger partial charge in [-0.1, -0.05) is 0 Å². The molecule has 1 fully saturated rings. The Hall–Kier alpha value is -2.83. The van der Waals surface area contributed by atoms with Crippen LogP contribution in [0.2, 0.25) is 0 Å². The number of hydrogen-bond acceptors (Lipinski definition) is 4. The molecule has 1 aromatic carbocycles. The molecule has 138 valence electrons. The molecule has 2 amide bonds. The molecule has 0 aliphatic carbocycles. The number of carbonyl (C=O) groups is 2. The molecule has 1 aromatic heterocycles. The molecule has 7 heteroatoms. The van der Waals surface area contributed by atoms with Crippen molar-refractivity contribution in [1.29, 1.82) is 0 Å². The summed E-state index contributed by atoms with van der Waals surface area (Å²) in [7, 11) is 0. The molecule has 1 saturated heterocycles. The molecular weight excluding hydrogens is 337 g/mol. The van der Waals surface area contributed by atoms with E-state index in [9.17, 15) is 14.0 Å². The summed E-state index contributed by atoms with van der Waals surface area (Å²) in [5.74, 6) is 0.242. The molecule has 26 heavy (non-hydrogen) atoms. The number of nitrogens with one attached hydrogen (secondary N) is 1. The van der Waals surface area contributed by atoms with Crippen LogP contribution in [0.3, 0.4) is 0 Å². The summed E-state index contributed by atoms with van der Waals surface area (Å²) in [6.07, 6.45) is 1.91. The van der Waals surface area contributed by atoms with Gasteiger partial charge in [-0.3, -0.25) is 9.59 Å². The van der Waals surface area contributed by atoms with Crippen molar-refractivity contribution in [3.63, 3.8) is 0 Å². The van der Waals surface area contributed by atoms with Gasteiger partial charge in [-0.05, 0) is 36.4 Å². The quantitative estimate of drug-likeness (QED) is 0.858. The Labute approximate surface area is 151 Å². The minimum absolute atomic E-state index is 0.0168. The molecule has 0 saturated carbocycles. The van der Waals surface area contributed by atoms with Crippen molar-refractivity contribution >= 4 is 17.5 Å². The second-order valence-corrected chi connectivity index (χ2v) is 6.20. The minimum atomic E-state index is -0.257. The van der Waals surface area contributed by atoms with Gasteiger partial charge in [-0.25, -0.2) is 4.39 Å². The molecule has 3 rings (SSSR count). The van der Waals surface area contributed by atoms with Gasteiger partial charge in [0.25, 0.3) is 0 Å². The Morgan fingerprint density at radius 1 is 1.04 bits per heavy atom. The summed E-state index contributed by atoms with van der Waals surface area (Å²) >= 11 is 0. The summed E-state index contributed by atoms with van der Waals surface area (Å²) in [5.41, 5.74) is 0.954. The van der Waals surface area contributed by atoms with Crippen molar-refractivity contribution in [2.24, 2.45) is 0 Å². The number of piperazine rings is 1. The highest BCUT2D eigenvalue weighted by Crippen LogP contribution is 2.17. The lowest BCUT2D eigenvalue weighted by Crippen LogP contribution is -2.48. The first-order valence-corrected chi connectivity index (χ1v) is 8.69. The zero-order chi connectivity index (χ0) is 18.4. The normalized spacial score (nSPS) is 14.3. The largest absolute Gasteiger partial charge is 0.467 e. The number of furan rings is 1. The maximum atomic E-state index is 13.0. The highest BCUT2D eigenvalue weighted by Gasteiger charge is 2.21. The van der Waals surface area contributed by atoms with Gasteiger partial charge in [-0.2, -0.15) is 0 Å². The fourth-order valence-electron chi connectivity index (χ4n) is 2.93. The van der Waals surface area contributed by atoms with Gasteiger partial charge in [-0.15, -0.1) is 0 Å². The molecule has 0 spiro atoms. The van der Waals surface area contributed by atoms with Crippen molar-refractivity contribution < 1.29 is 18.4 Å². The number of amides is 2. The van der Waals surface area contributed by atoms with Crippen LogP contribution in [0, 0.1) is 5.82 Å². The van der Waals surface area contributed by atoms with E-state index in [2.05, 4.69) is 10.2 Å². The summed E-state index contributed by atoms with van der Waals surface area (Å²) in [6, 6.07) is 9.91. The highest BCUT2D eigenvalue weighted by molar-refractivity contribution is 5.83. The van der Waals surface area contributed by atoms with E-state index in [1.807, 2.05) is 0 Å². The van der Waals surface area contributed by atoms with Crippen LogP contribution in [0.15, 0.2) is 47.1 Å². The van der Waals surface area contributed by atoms with Crippen LogP contribution in [0.5, 0.6) is 0 Å². The van der Waals surface area contributed by atoms with Gasteiger partial charge >= 0.3 is 0 Å². The fraction of sp³-hybridized carbons (Fsp3) is 0.368. The van der Waals surface area contributed by atoms with Gasteiger partial charge < -0.3 is 19.5 Å². The lowest BCUT2D eigenvalue weighted by atomic mass is 10.2. The van der Waals surface area contributed by atoms with Crippen molar-refractivity contribution in [1.82, 2.24) is 10.2 Å². The fourth-order valence-corrected chi connectivity index (χ4v) is 2.93. The monoisotopic (exact) mass is 359 g/mol. The van der Waals surface area contributed by atoms with Crippen LogP contribution in [-0.2, 0) is 16.1 Å². The van der Waals surface area contributed by atoms with Gasteiger partial charge in [0.05, 0.1) is 12.8 Å². The zero-order valence-corrected chi connectivity index (χ0v) is 14.5. The molecule has 0 bridgehead atoms. The van der Waals surface area contributed by atoms with Crippen LogP contribution >= 0.6 is 0 Å². The number of benzene rings is 1. The van der Waals surface area contributed by atoms with Gasteiger partial charge in [0.2, 0.25) is 11.8 Å². The molecule has 2 heterocycles. The minimum Gasteiger partial charge on any atom is -0.467 e. The smallest absolute Gasteiger partial charge is 0.223 e. The van der Waals surface area contributed by atoms with E-state index in [0.717, 1.165) is 5.69 Å². The SMILES string of the molecule is O=C(CCC(=O)N1CCN(c2ccc(F)cc2)CC1)NCc1ccco1. The molecule has 1 aliphatic rings. The molecule has 0 atom stereocenters. The lowest BCUT2D eigenvalue weighted by molar-refractivity contribution is -0.133. The van der Waals surface area contributed by atoms with Gasteiger partial charge in [0.1, 0.15) is 11.6 Å². The third kappa shape index (κ3) is 4.84. The van der Waals surface area contributed by atoms with Gasteiger partial charge in [0, 0.05) is 44.7 Å². The summed E-state index contributed by atoms with van der Waals surface area (Å²) in [6.45, 7) is 2.93. The molecule has 0 radical (unpaired) electrons. The van der Waals surface area contributed by atoms with E-state index in [-0.39, 0.29) is 30.5 Å². The van der Waals surface area contributed by atoms with E-state index in [4.69, 9.17) is 4.42 Å². The number of anilines is 1. The second-order valence-electron chi connectivity index (χ2n) is 6.20. The summed E-state index contributed by atoms with van der Waals surface area (Å²) in [5, 5.41) is 2.73. The Balaban J connectivity index is 1.38. The Bertz CT molecular complexity index is 723. The Kier molecular flexibility index (Phi) is 5.88. The number of halogens is 1. The van der Waals surface area contributed by atoms with E-state index < -0.39 is 0 Å². The first kappa shape index (κ1) is 18.0. The van der Waals surface area contributed by atoms with Crippen molar-refractivity contribution in [2.45, 2.75) is 19.4 Å². The molecule has 0 unspecified atom stereocenters. The predicted octanol–water partition coefficient (Wildman–Crippen LogP) is 2.16. The Morgan fingerprint density at radius 3 is 2.42 bits per heavy atom. The third-order valence-electron chi connectivity index (χ3n) is 4.43. The maximum absolute atomic E-state index is 13.0. The summed E-state index contributed by atoms with van der Waals surface area (Å²) in [4.78, 5) is 28.0. The third-order valence-corrected chi connectivity index (χ3v) is 4.43. The molecule has 6 nitrogen and oxygen atoms in total. The summed E-state index contributed by atoms with van der Waals surface area (Å²) < 4.78 is 18.1. The maximum Gasteiger partial charge on any atom is 0.223 e. The average molecular weight is 359 g/mol. The van der Waals surface area contributed by atoms with E-state index in [1.54, 1.807) is 35.4 Å². The van der Waals surface area contributed by atoms with E-state index in [0.29, 0.717) is 38.5 Å². The molecule has 1 N–H and O–H groups in total. The van der Waals surface area contributed by atoms with Crippen LogP contribution in [-0.4, -0.2) is 42.9 Å². The van der Waals surface area contributed by atoms with Gasteiger partial charge in [0.15, 0.2) is 0 Å². The lowest BCUT2D eigenvalue weighted by Gasteiger charge is -2.36. The first-order valence-electron chi connectivity index (χ1n) is 8.69. The number of rotatable bonds is 6. The van der Waals surface area contributed by atoms with Crippen LogP contribution in [0.4, 0.5) is 10.1 Å².